The molecular formula is C28H31N3OS. The van der Waals surface area contributed by atoms with Crippen molar-refractivity contribution in [3.63, 3.8) is 0 Å². The fourth-order valence-corrected chi connectivity index (χ4v) is 4.75. The standard InChI is InChI=1S/C28H31N3OS/c1-20-5-8-23(9-6-20)31-19-22(28(2,3)4)15-24(31)16-25(32)17-27-30-18-26(33-27)10-7-21-11-13-29-14-12-21/h5-6,8-9,11-15,18-19H,7,10,16-17H2,1-4H3. The van der Waals surface area contributed by atoms with E-state index in [9.17, 15) is 4.79 Å². The van der Waals surface area contributed by atoms with Crippen molar-refractivity contribution in [3.8, 4) is 5.69 Å². The highest BCUT2D eigenvalue weighted by Crippen LogP contribution is 2.27. The first-order valence-corrected chi connectivity index (χ1v) is 12.2. The van der Waals surface area contributed by atoms with E-state index in [0.29, 0.717) is 12.8 Å². The van der Waals surface area contributed by atoms with Gasteiger partial charge in [-0.2, -0.15) is 0 Å². The highest BCUT2D eigenvalue weighted by molar-refractivity contribution is 7.11. The molecule has 0 N–H and O–H groups in total. The van der Waals surface area contributed by atoms with Gasteiger partial charge in [-0.15, -0.1) is 11.3 Å². The fourth-order valence-electron chi connectivity index (χ4n) is 3.80. The Bertz CT molecular complexity index is 1210. The maximum atomic E-state index is 13.0. The molecule has 0 bridgehead atoms. The van der Waals surface area contributed by atoms with Crippen LogP contribution in [0.15, 0.2) is 67.3 Å². The van der Waals surface area contributed by atoms with Crippen molar-refractivity contribution in [2.45, 2.75) is 58.8 Å². The predicted octanol–water partition coefficient (Wildman–Crippen LogP) is 6.07. The van der Waals surface area contributed by atoms with E-state index in [2.05, 4.69) is 78.8 Å². The van der Waals surface area contributed by atoms with Crippen molar-refractivity contribution in [1.82, 2.24) is 14.5 Å². The molecule has 0 aliphatic carbocycles. The predicted molar refractivity (Wildman–Crippen MR) is 135 cm³/mol. The number of pyridine rings is 1. The smallest absolute Gasteiger partial charge is 0.145 e. The number of thiazole rings is 1. The summed E-state index contributed by atoms with van der Waals surface area (Å²) in [7, 11) is 0. The molecule has 0 amide bonds. The molecule has 4 aromatic rings. The van der Waals surface area contributed by atoms with Crippen molar-refractivity contribution in [2.24, 2.45) is 0 Å². The SMILES string of the molecule is Cc1ccc(-n2cc(C(C)(C)C)cc2CC(=O)Cc2ncc(CCc3ccncc3)s2)cc1. The first kappa shape index (κ1) is 23.1. The number of aryl methyl sites for hydroxylation is 3. The van der Waals surface area contributed by atoms with Gasteiger partial charge in [0.15, 0.2) is 0 Å². The molecule has 3 heterocycles. The lowest BCUT2D eigenvalue weighted by Crippen LogP contribution is -2.10. The van der Waals surface area contributed by atoms with E-state index in [1.165, 1.54) is 21.6 Å². The summed E-state index contributed by atoms with van der Waals surface area (Å²) in [5.41, 5.74) is 5.87. The van der Waals surface area contributed by atoms with E-state index in [0.717, 1.165) is 29.2 Å². The van der Waals surface area contributed by atoms with Gasteiger partial charge in [0.2, 0.25) is 0 Å². The zero-order valence-corrected chi connectivity index (χ0v) is 20.7. The number of aromatic nitrogens is 3. The number of Topliss-reactive ketones (excluding diaryl/α,β-unsaturated/α-hetero) is 1. The number of carbonyl (C=O) groups excluding carboxylic acids is 1. The van der Waals surface area contributed by atoms with Gasteiger partial charge < -0.3 is 4.57 Å². The average Bonchev–Trinajstić information content (AvgIpc) is 3.40. The Morgan fingerprint density at radius 2 is 1.73 bits per heavy atom. The number of hydrogen-bond acceptors (Lipinski definition) is 4. The van der Waals surface area contributed by atoms with Crippen molar-refractivity contribution >= 4 is 17.1 Å². The summed E-state index contributed by atoms with van der Waals surface area (Å²) in [6.07, 6.45) is 10.4. The molecule has 0 fully saturated rings. The lowest BCUT2D eigenvalue weighted by molar-refractivity contribution is -0.117. The maximum Gasteiger partial charge on any atom is 0.145 e. The van der Waals surface area contributed by atoms with Gasteiger partial charge in [-0.3, -0.25) is 9.78 Å². The van der Waals surface area contributed by atoms with Crippen LogP contribution in [-0.4, -0.2) is 20.3 Å². The van der Waals surface area contributed by atoms with E-state index in [1.54, 1.807) is 11.3 Å². The highest BCUT2D eigenvalue weighted by Gasteiger charge is 2.20. The van der Waals surface area contributed by atoms with Gasteiger partial charge >= 0.3 is 0 Å². The molecule has 4 nitrogen and oxygen atoms in total. The first-order valence-electron chi connectivity index (χ1n) is 11.4. The Balaban J connectivity index is 1.45. The molecule has 3 aromatic heterocycles. The van der Waals surface area contributed by atoms with Crippen LogP contribution in [0.4, 0.5) is 0 Å². The lowest BCUT2D eigenvalue weighted by atomic mass is 9.89. The number of carbonyl (C=O) groups is 1. The normalized spacial score (nSPS) is 11.6. The molecule has 5 heteroatoms. The highest BCUT2D eigenvalue weighted by atomic mass is 32.1. The topological polar surface area (TPSA) is 47.8 Å². The minimum absolute atomic E-state index is 0.0206. The lowest BCUT2D eigenvalue weighted by Gasteiger charge is -2.16. The molecule has 1 aromatic carbocycles. The second-order valence-electron chi connectivity index (χ2n) is 9.64. The van der Waals surface area contributed by atoms with Crippen molar-refractivity contribution in [2.75, 3.05) is 0 Å². The zero-order valence-electron chi connectivity index (χ0n) is 19.8. The van der Waals surface area contributed by atoms with E-state index in [-0.39, 0.29) is 11.2 Å². The van der Waals surface area contributed by atoms with Gasteiger partial charge in [0.05, 0.1) is 6.42 Å². The van der Waals surface area contributed by atoms with E-state index in [4.69, 9.17) is 0 Å². The number of rotatable bonds is 8. The molecule has 0 spiro atoms. The van der Waals surface area contributed by atoms with E-state index in [1.807, 2.05) is 30.7 Å². The molecule has 170 valence electrons. The molecule has 0 aliphatic heterocycles. The Labute approximate surface area is 200 Å². The molecular weight excluding hydrogens is 426 g/mol. The molecule has 0 aliphatic rings. The van der Waals surface area contributed by atoms with Crippen LogP contribution in [0, 0.1) is 6.92 Å². The Kier molecular flexibility index (Phi) is 6.89. The molecule has 0 atom stereocenters. The van der Waals surface area contributed by atoms with E-state index < -0.39 is 0 Å². The van der Waals surface area contributed by atoms with Gasteiger partial charge in [-0.1, -0.05) is 38.5 Å². The summed E-state index contributed by atoms with van der Waals surface area (Å²) in [5.74, 6) is 0.192. The third kappa shape index (κ3) is 6.05. The van der Waals surface area contributed by atoms with Crippen LogP contribution < -0.4 is 0 Å². The minimum atomic E-state index is 0.0206. The van der Waals surface area contributed by atoms with Gasteiger partial charge in [0, 0.05) is 47.5 Å². The van der Waals surface area contributed by atoms with Crippen LogP contribution in [0.5, 0.6) is 0 Å². The number of nitrogens with zero attached hydrogens (tertiary/aromatic N) is 3. The van der Waals surface area contributed by atoms with Crippen LogP contribution in [0.3, 0.4) is 0 Å². The molecule has 0 unspecified atom stereocenters. The van der Waals surface area contributed by atoms with Gasteiger partial charge in [-0.05, 0) is 66.6 Å². The molecule has 0 saturated heterocycles. The van der Waals surface area contributed by atoms with Crippen molar-refractivity contribution in [1.29, 1.82) is 0 Å². The number of hydrogen-bond donors (Lipinski definition) is 0. The Morgan fingerprint density at radius 3 is 2.42 bits per heavy atom. The fraction of sp³-hybridized carbons (Fsp3) is 0.321. The summed E-state index contributed by atoms with van der Waals surface area (Å²) in [5, 5.41) is 0.897. The summed E-state index contributed by atoms with van der Waals surface area (Å²) >= 11 is 1.65. The third-order valence-electron chi connectivity index (χ3n) is 5.82. The Morgan fingerprint density at radius 1 is 1.00 bits per heavy atom. The van der Waals surface area contributed by atoms with Crippen LogP contribution in [0.1, 0.15) is 53.0 Å². The van der Waals surface area contributed by atoms with E-state index >= 15 is 0 Å². The number of ketones is 1. The average molecular weight is 458 g/mol. The summed E-state index contributed by atoms with van der Waals surface area (Å²) < 4.78 is 2.17. The monoisotopic (exact) mass is 457 g/mol. The van der Waals surface area contributed by atoms with Gasteiger partial charge in [0.1, 0.15) is 10.8 Å². The molecule has 33 heavy (non-hydrogen) atoms. The Hall–Kier alpha value is -3.05. The van der Waals surface area contributed by atoms with Gasteiger partial charge in [-0.25, -0.2) is 4.98 Å². The second-order valence-corrected chi connectivity index (χ2v) is 10.8. The van der Waals surface area contributed by atoms with Crippen LogP contribution in [-0.2, 0) is 35.9 Å². The zero-order chi connectivity index (χ0) is 23.4. The molecule has 0 saturated carbocycles. The maximum absolute atomic E-state index is 13.0. The third-order valence-corrected chi connectivity index (χ3v) is 6.87. The van der Waals surface area contributed by atoms with Gasteiger partial charge in [0.25, 0.3) is 0 Å². The minimum Gasteiger partial charge on any atom is -0.320 e. The van der Waals surface area contributed by atoms with Crippen LogP contribution in [0.25, 0.3) is 5.69 Å². The second kappa shape index (κ2) is 9.84. The summed E-state index contributed by atoms with van der Waals surface area (Å²) in [6.45, 7) is 8.70. The largest absolute Gasteiger partial charge is 0.320 e. The van der Waals surface area contributed by atoms with Crippen molar-refractivity contribution in [3.05, 3.63) is 99.5 Å². The summed E-state index contributed by atoms with van der Waals surface area (Å²) in [4.78, 5) is 22.8. The van der Waals surface area contributed by atoms with Crippen LogP contribution >= 0.6 is 11.3 Å². The summed E-state index contributed by atoms with van der Waals surface area (Å²) in [6, 6.07) is 14.7. The van der Waals surface area contributed by atoms with Crippen LogP contribution in [0.2, 0.25) is 0 Å². The quantitative estimate of drug-likeness (QED) is 0.322. The van der Waals surface area contributed by atoms with Crippen molar-refractivity contribution < 1.29 is 4.79 Å². The molecule has 0 radical (unpaired) electrons. The number of benzene rings is 1. The first-order chi connectivity index (χ1) is 15.8. The molecule has 4 rings (SSSR count).